The Morgan fingerprint density at radius 3 is 2.38 bits per heavy atom. The van der Waals surface area contributed by atoms with Crippen LogP contribution in [0.4, 0.5) is 13.2 Å². The lowest BCUT2D eigenvalue weighted by atomic mass is 9.98. The maximum atomic E-state index is 12.1. The zero-order valence-electron chi connectivity index (χ0n) is 9.19. The van der Waals surface area contributed by atoms with Gasteiger partial charge in [-0.25, -0.2) is 0 Å². The minimum absolute atomic E-state index is 0.189. The third kappa shape index (κ3) is 3.37. The summed E-state index contributed by atoms with van der Waals surface area (Å²) in [6, 6.07) is 0. The van der Waals surface area contributed by atoms with Gasteiger partial charge in [0.15, 0.2) is 0 Å². The van der Waals surface area contributed by atoms with Crippen LogP contribution in [0.2, 0.25) is 0 Å². The van der Waals surface area contributed by atoms with Crippen molar-refractivity contribution in [3.8, 4) is 0 Å². The van der Waals surface area contributed by atoms with Gasteiger partial charge in [0.25, 0.3) is 0 Å². The van der Waals surface area contributed by atoms with Crippen molar-refractivity contribution in [2.75, 3.05) is 13.2 Å². The third-order valence-electron chi connectivity index (χ3n) is 2.75. The molecule has 0 unspecified atom stereocenters. The van der Waals surface area contributed by atoms with Crippen molar-refractivity contribution in [3.05, 3.63) is 0 Å². The van der Waals surface area contributed by atoms with Gasteiger partial charge in [-0.05, 0) is 19.8 Å². The molecule has 0 aromatic rings. The fraction of sp³-hybridized carbons (Fsp3) is 0.900. The van der Waals surface area contributed by atoms with E-state index in [-0.39, 0.29) is 6.61 Å². The van der Waals surface area contributed by atoms with Crippen LogP contribution in [0.3, 0.4) is 0 Å². The molecule has 0 spiro atoms. The Labute approximate surface area is 92.3 Å². The highest BCUT2D eigenvalue weighted by atomic mass is 19.4. The Bertz CT molecular complexity index is 247. The van der Waals surface area contributed by atoms with Crippen LogP contribution in [0.5, 0.6) is 0 Å². The molecule has 0 bridgehead atoms. The second-order valence-electron chi connectivity index (χ2n) is 3.98. The molecule has 3 nitrogen and oxygen atoms in total. The number of ether oxygens (including phenoxy) is 1. The summed E-state index contributed by atoms with van der Waals surface area (Å²) in [5, 5.41) is 2.32. The highest BCUT2D eigenvalue weighted by molar-refractivity contribution is 5.81. The van der Waals surface area contributed by atoms with E-state index in [0.717, 1.165) is 12.8 Å². The van der Waals surface area contributed by atoms with Crippen LogP contribution in [0.1, 0.15) is 32.6 Å². The first-order valence-electron chi connectivity index (χ1n) is 5.39. The summed E-state index contributed by atoms with van der Waals surface area (Å²) in [7, 11) is 0. The molecule has 0 aromatic carbocycles. The van der Waals surface area contributed by atoms with Gasteiger partial charge in [-0.15, -0.1) is 0 Å². The molecule has 6 heteroatoms. The van der Waals surface area contributed by atoms with Gasteiger partial charge in [-0.1, -0.05) is 12.8 Å². The Morgan fingerprint density at radius 2 is 1.94 bits per heavy atom. The standard InChI is InChI=1S/C10H16F3NO2/c1-2-16-8(15)9(5-3-4-6-9)14-7-10(11,12)13/h14H,2-7H2,1H3. The van der Waals surface area contributed by atoms with Gasteiger partial charge in [0.1, 0.15) is 5.54 Å². The molecule has 1 aliphatic carbocycles. The van der Waals surface area contributed by atoms with Crippen molar-refractivity contribution in [2.45, 2.75) is 44.3 Å². The van der Waals surface area contributed by atoms with Crippen molar-refractivity contribution >= 4 is 5.97 Å². The molecule has 1 saturated carbocycles. The van der Waals surface area contributed by atoms with Crippen LogP contribution < -0.4 is 5.32 Å². The Morgan fingerprint density at radius 1 is 1.38 bits per heavy atom. The van der Waals surface area contributed by atoms with Crippen LogP contribution in [0, 0.1) is 0 Å². The lowest BCUT2D eigenvalue weighted by Crippen LogP contribution is -2.53. The fourth-order valence-electron chi connectivity index (χ4n) is 1.97. The van der Waals surface area contributed by atoms with Gasteiger partial charge in [0.2, 0.25) is 0 Å². The van der Waals surface area contributed by atoms with Crippen molar-refractivity contribution in [2.24, 2.45) is 0 Å². The molecule has 0 aromatic heterocycles. The first-order valence-corrected chi connectivity index (χ1v) is 5.39. The van der Waals surface area contributed by atoms with E-state index >= 15 is 0 Å². The molecule has 0 saturated heterocycles. The van der Waals surface area contributed by atoms with E-state index < -0.39 is 24.2 Å². The SMILES string of the molecule is CCOC(=O)C1(NCC(F)(F)F)CCCC1. The second kappa shape index (κ2) is 5.03. The summed E-state index contributed by atoms with van der Waals surface area (Å²) in [5.74, 6) is -0.559. The lowest BCUT2D eigenvalue weighted by molar-refractivity contribution is -0.155. The van der Waals surface area contributed by atoms with E-state index in [2.05, 4.69) is 5.32 Å². The van der Waals surface area contributed by atoms with E-state index in [1.54, 1.807) is 6.92 Å². The average Bonchev–Trinajstić information content (AvgIpc) is 2.64. The molecule has 1 rings (SSSR count). The number of halogens is 3. The Hall–Kier alpha value is -0.780. The number of carbonyl (C=O) groups excluding carboxylic acids is 1. The number of carbonyl (C=O) groups is 1. The van der Waals surface area contributed by atoms with Crippen LogP contribution >= 0.6 is 0 Å². The predicted octanol–water partition coefficient (Wildman–Crippen LogP) is 2.01. The smallest absolute Gasteiger partial charge is 0.401 e. The van der Waals surface area contributed by atoms with Gasteiger partial charge >= 0.3 is 12.1 Å². The topological polar surface area (TPSA) is 38.3 Å². The van der Waals surface area contributed by atoms with E-state index in [1.807, 2.05) is 0 Å². The molecule has 0 atom stereocenters. The normalized spacial score (nSPS) is 19.8. The number of hydrogen-bond acceptors (Lipinski definition) is 3. The van der Waals surface area contributed by atoms with E-state index in [0.29, 0.717) is 12.8 Å². The molecule has 94 valence electrons. The minimum atomic E-state index is -4.30. The number of hydrogen-bond donors (Lipinski definition) is 1. The monoisotopic (exact) mass is 239 g/mol. The maximum absolute atomic E-state index is 12.1. The van der Waals surface area contributed by atoms with E-state index in [1.165, 1.54) is 0 Å². The molecule has 0 amide bonds. The van der Waals surface area contributed by atoms with Crippen molar-refractivity contribution in [1.29, 1.82) is 0 Å². The quantitative estimate of drug-likeness (QED) is 0.763. The molecule has 1 fully saturated rings. The first kappa shape index (κ1) is 13.3. The molecular formula is C10H16F3NO2. The van der Waals surface area contributed by atoms with Gasteiger partial charge in [-0.2, -0.15) is 13.2 Å². The Kier molecular flexibility index (Phi) is 4.18. The van der Waals surface area contributed by atoms with E-state index in [4.69, 9.17) is 4.74 Å². The summed E-state index contributed by atoms with van der Waals surface area (Å²) in [6.07, 6.45) is -1.96. The van der Waals surface area contributed by atoms with Crippen molar-refractivity contribution in [1.82, 2.24) is 5.32 Å². The van der Waals surface area contributed by atoms with Gasteiger partial charge in [0, 0.05) is 0 Å². The second-order valence-corrected chi connectivity index (χ2v) is 3.98. The summed E-state index contributed by atoms with van der Waals surface area (Å²) in [4.78, 5) is 11.6. The van der Waals surface area contributed by atoms with E-state index in [9.17, 15) is 18.0 Å². The molecule has 1 aliphatic rings. The number of esters is 1. The van der Waals surface area contributed by atoms with Gasteiger partial charge in [-0.3, -0.25) is 10.1 Å². The lowest BCUT2D eigenvalue weighted by Gasteiger charge is -2.28. The highest BCUT2D eigenvalue weighted by Gasteiger charge is 2.44. The zero-order chi connectivity index (χ0) is 12.2. The third-order valence-corrected chi connectivity index (χ3v) is 2.75. The van der Waals surface area contributed by atoms with Crippen molar-refractivity contribution < 1.29 is 22.7 Å². The average molecular weight is 239 g/mol. The zero-order valence-corrected chi connectivity index (χ0v) is 9.19. The van der Waals surface area contributed by atoms with Crippen LogP contribution in [0.15, 0.2) is 0 Å². The number of alkyl halides is 3. The van der Waals surface area contributed by atoms with Crippen LogP contribution in [-0.4, -0.2) is 30.8 Å². The first-order chi connectivity index (χ1) is 7.40. The van der Waals surface area contributed by atoms with Crippen LogP contribution in [0.25, 0.3) is 0 Å². The van der Waals surface area contributed by atoms with Gasteiger partial charge in [0.05, 0.1) is 13.2 Å². The predicted molar refractivity (Wildman–Crippen MR) is 51.9 cm³/mol. The largest absolute Gasteiger partial charge is 0.465 e. The molecule has 16 heavy (non-hydrogen) atoms. The van der Waals surface area contributed by atoms with Gasteiger partial charge < -0.3 is 4.74 Å². The molecular weight excluding hydrogens is 223 g/mol. The van der Waals surface area contributed by atoms with Crippen LogP contribution in [-0.2, 0) is 9.53 Å². The van der Waals surface area contributed by atoms with Crippen molar-refractivity contribution in [3.63, 3.8) is 0 Å². The summed E-state index contributed by atoms with van der Waals surface area (Å²) in [6.45, 7) is 0.685. The summed E-state index contributed by atoms with van der Waals surface area (Å²) >= 11 is 0. The maximum Gasteiger partial charge on any atom is 0.401 e. The number of nitrogens with one attached hydrogen (secondary N) is 1. The summed E-state index contributed by atoms with van der Waals surface area (Å²) in [5.41, 5.74) is -1.12. The number of rotatable bonds is 4. The molecule has 1 N–H and O–H groups in total. The highest BCUT2D eigenvalue weighted by Crippen LogP contribution is 2.31. The molecule has 0 aliphatic heterocycles. The fourth-order valence-corrected chi connectivity index (χ4v) is 1.97. The molecule has 0 radical (unpaired) electrons. The summed E-state index contributed by atoms with van der Waals surface area (Å²) < 4.78 is 41.2. The Balaban J connectivity index is 2.62. The molecule has 0 heterocycles. The minimum Gasteiger partial charge on any atom is -0.465 e.